The van der Waals surface area contributed by atoms with E-state index in [0.29, 0.717) is 17.9 Å². The molecule has 2 rings (SSSR count). The van der Waals surface area contributed by atoms with Crippen LogP contribution in [0.25, 0.3) is 0 Å². The van der Waals surface area contributed by atoms with Crippen LogP contribution in [0.2, 0.25) is 0 Å². The molecule has 0 radical (unpaired) electrons. The van der Waals surface area contributed by atoms with Crippen LogP contribution in [-0.2, 0) is 6.61 Å². The van der Waals surface area contributed by atoms with Crippen molar-refractivity contribution in [2.45, 2.75) is 6.61 Å². The van der Waals surface area contributed by atoms with E-state index in [-0.39, 0.29) is 5.75 Å². The molecule has 86 valence electrons. The monoisotopic (exact) mass is 228 g/mol. The molecule has 1 N–H and O–H groups in total. The highest BCUT2D eigenvalue weighted by atomic mass is 16.5. The van der Waals surface area contributed by atoms with Gasteiger partial charge in [0.15, 0.2) is 0 Å². The third kappa shape index (κ3) is 2.84. The van der Waals surface area contributed by atoms with Crippen LogP contribution in [0.5, 0.6) is 11.5 Å². The maximum atomic E-state index is 10.8. The van der Waals surface area contributed by atoms with Gasteiger partial charge in [-0.15, -0.1) is 0 Å². The van der Waals surface area contributed by atoms with Gasteiger partial charge in [-0.25, -0.2) is 0 Å². The third-order valence-electron chi connectivity index (χ3n) is 2.39. The van der Waals surface area contributed by atoms with Gasteiger partial charge in [-0.1, -0.05) is 30.3 Å². The highest BCUT2D eigenvalue weighted by Crippen LogP contribution is 2.19. The Kier molecular flexibility index (Phi) is 3.40. The molecule has 0 aliphatic rings. The molecule has 0 spiro atoms. The number of ether oxygens (including phenoxy) is 1. The maximum absolute atomic E-state index is 10.8. The van der Waals surface area contributed by atoms with Gasteiger partial charge in [0.2, 0.25) is 0 Å². The van der Waals surface area contributed by atoms with Crippen molar-refractivity contribution < 1.29 is 14.6 Å². The van der Waals surface area contributed by atoms with E-state index in [9.17, 15) is 9.90 Å². The van der Waals surface area contributed by atoms with Gasteiger partial charge < -0.3 is 9.84 Å². The molecular formula is C14H12O3. The molecule has 2 aromatic carbocycles. The second-order valence-electron chi connectivity index (χ2n) is 3.60. The standard InChI is InChI=1S/C14H12O3/c15-9-11-4-1-2-5-12(11)10-17-14-7-3-6-13(16)8-14/h1-9,16H,10H2. The fourth-order valence-corrected chi connectivity index (χ4v) is 1.51. The number of carbonyl (C=O) groups is 1. The molecule has 0 unspecified atom stereocenters. The van der Waals surface area contributed by atoms with E-state index in [1.165, 1.54) is 6.07 Å². The average Bonchev–Trinajstić information content (AvgIpc) is 2.37. The highest BCUT2D eigenvalue weighted by Gasteiger charge is 2.01. The molecule has 0 fully saturated rings. The van der Waals surface area contributed by atoms with Crippen molar-refractivity contribution in [3.63, 3.8) is 0 Å². The molecule has 0 aliphatic heterocycles. The summed E-state index contributed by atoms with van der Waals surface area (Å²) in [4.78, 5) is 10.8. The van der Waals surface area contributed by atoms with E-state index >= 15 is 0 Å². The number of aromatic hydroxyl groups is 1. The summed E-state index contributed by atoms with van der Waals surface area (Å²) >= 11 is 0. The summed E-state index contributed by atoms with van der Waals surface area (Å²) in [6.07, 6.45) is 0.807. The van der Waals surface area contributed by atoms with Crippen molar-refractivity contribution in [2.24, 2.45) is 0 Å². The molecule has 0 atom stereocenters. The van der Waals surface area contributed by atoms with E-state index in [4.69, 9.17) is 4.74 Å². The predicted molar refractivity (Wildman–Crippen MR) is 64.3 cm³/mol. The van der Waals surface area contributed by atoms with E-state index in [2.05, 4.69) is 0 Å². The average molecular weight is 228 g/mol. The van der Waals surface area contributed by atoms with Crippen LogP contribution in [0, 0.1) is 0 Å². The molecule has 0 saturated heterocycles. The number of phenolic OH excluding ortho intramolecular Hbond substituents is 1. The second-order valence-corrected chi connectivity index (χ2v) is 3.60. The SMILES string of the molecule is O=Cc1ccccc1COc1cccc(O)c1. The smallest absolute Gasteiger partial charge is 0.150 e. The Morgan fingerprint density at radius 2 is 1.94 bits per heavy atom. The molecule has 0 aliphatic carbocycles. The first-order valence-electron chi connectivity index (χ1n) is 5.24. The molecule has 3 nitrogen and oxygen atoms in total. The van der Waals surface area contributed by atoms with Crippen molar-refractivity contribution >= 4 is 6.29 Å². The normalized spacial score (nSPS) is 9.88. The van der Waals surface area contributed by atoms with Crippen LogP contribution in [0.15, 0.2) is 48.5 Å². The lowest BCUT2D eigenvalue weighted by Gasteiger charge is -2.08. The minimum Gasteiger partial charge on any atom is -0.508 e. The Labute approximate surface area is 99.3 Å². The van der Waals surface area contributed by atoms with Crippen LogP contribution in [0.4, 0.5) is 0 Å². The van der Waals surface area contributed by atoms with Gasteiger partial charge in [0.25, 0.3) is 0 Å². The number of rotatable bonds is 4. The van der Waals surface area contributed by atoms with E-state index < -0.39 is 0 Å². The predicted octanol–water partition coefficient (Wildman–Crippen LogP) is 2.78. The number of phenols is 1. The van der Waals surface area contributed by atoms with Crippen LogP contribution in [-0.4, -0.2) is 11.4 Å². The Morgan fingerprint density at radius 3 is 2.71 bits per heavy atom. The van der Waals surface area contributed by atoms with Crippen molar-refractivity contribution in [3.8, 4) is 11.5 Å². The topological polar surface area (TPSA) is 46.5 Å². The van der Waals surface area contributed by atoms with Gasteiger partial charge in [0.05, 0.1) is 0 Å². The number of hydrogen-bond donors (Lipinski definition) is 1. The lowest BCUT2D eigenvalue weighted by molar-refractivity contribution is 0.112. The molecule has 0 aromatic heterocycles. The summed E-state index contributed by atoms with van der Waals surface area (Å²) in [5.74, 6) is 0.733. The Balaban J connectivity index is 2.09. The Morgan fingerprint density at radius 1 is 1.12 bits per heavy atom. The molecule has 17 heavy (non-hydrogen) atoms. The quantitative estimate of drug-likeness (QED) is 0.818. The second kappa shape index (κ2) is 5.16. The minimum atomic E-state index is 0.158. The molecule has 3 heteroatoms. The van der Waals surface area contributed by atoms with Crippen LogP contribution in [0.3, 0.4) is 0 Å². The number of aldehydes is 1. The van der Waals surface area contributed by atoms with Crippen molar-refractivity contribution in [2.75, 3.05) is 0 Å². The van der Waals surface area contributed by atoms with Crippen molar-refractivity contribution in [1.29, 1.82) is 0 Å². The fourth-order valence-electron chi connectivity index (χ4n) is 1.51. The van der Waals surface area contributed by atoms with Crippen LogP contribution in [0.1, 0.15) is 15.9 Å². The number of carbonyl (C=O) groups excluding carboxylic acids is 1. The summed E-state index contributed by atoms with van der Waals surface area (Å²) in [6, 6.07) is 13.8. The molecule has 0 saturated carbocycles. The van der Waals surface area contributed by atoms with E-state index in [0.717, 1.165) is 11.8 Å². The van der Waals surface area contributed by atoms with E-state index in [1.54, 1.807) is 24.3 Å². The third-order valence-corrected chi connectivity index (χ3v) is 2.39. The first-order valence-corrected chi connectivity index (χ1v) is 5.24. The lowest BCUT2D eigenvalue weighted by Crippen LogP contribution is -1.99. The van der Waals surface area contributed by atoms with Gasteiger partial charge in [-0.3, -0.25) is 4.79 Å². The summed E-state index contributed by atoms with van der Waals surface area (Å²) in [6.45, 7) is 0.304. The molecular weight excluding hydrogens is 216 g/mol. The van der Waals surface area contributed by atoms with Crippen molar-refractivity contribution in [1.82, 2.24) is 0 Å². The zero-order valence-corrected chi connectivity index (χ0v) is 9.17. The van der Waals surface area contributed by atoms with Crippen molar-refractivity contribution in [3.05, 3.63) is 59.7 Å². The Bertz CT molecular complexity index is 520. The first-order chi connectivity index (χ1) is 8.29. The van der Waals surface area contributed by atoms with Gasteiger partial charge >= 0.3 is 0 Å². The zero-order valence-electron chi connectivity index (χ0n) is 9.17. The molecule has 0 bridgehead atoms. The highest BCUT2D eigenvalue weighted by molar-refractivity contribution is 5.77. The van der Waals surface area contributed by atoms with Gasteiger partial charge in [-0.2, -0.15) is 0 Å². The van der Waals surface area contributed by atoms with Crippen LogP contribution >= 0.6 is 0 Å². The summed E-state index contributed by atoms with van der Waals surface area (Å²) in [5.41, 5.74) is 1.44. The lowest BCUT2D eigenvalue weighted by atomic mass is 10.1. The zero-order chi connectivity index (χ0) is 12.1. The van der Waals surface area contributed by atoms with E-state index in [1.807, 2.05) is 18.2 Å². The fraction of sp³-hybridized carbons (Fsp3) is 0.0714. The minimum absolute atomic E-state index is 0.158. The summed E-state index contributed by atoms with van der Waals surface area (Å²) in [5, 5.41) is 9.27. The number of benzene rings is 2. The Hall–Kier alpha value is -2.29. The van der Waals surface area contributed by atoms with Crippen LogP contribution < -0.4 is 4.74 Å². The molecule has 0 heterocycles. The first kappa shape index (κ1) is 11.2. The van der Waals surface area contributed by atoms with Gasteiger partial charge in [0, 0.05) is 11.6 Å². The largest absolute Gasteiger partial charge is 0.508 e. The maximum Gasteiger partial charge on any atom is 0.150 e. The summed E-state index contributed by atoms with van der Waals surface area (Å²) < 4.78 is 5.50. The molecule has 2 aromatic rings. The summed E-state index contributed by atoms with van der Waals surface area (Å²) in [7, 11) is 0. The number of hydrogen-bond acceptors (Lipinski definition) is 3. The van der Waals surface area contributed by atoms with Gasteiger partial charge in [0.1, 0.15) is 24.4 Å². The molecule has 0 amide bonds. The van der Waals surface area contributed by atoms with Gasteiger partial charge in [-0.05, 0) is 17.7 Å².